The largest absolute Gasteiger partial charge is 0.294 e. The lowest BCUT2D eigenvalue weighted by Gasteiger charge is -2.28. The molecule has 21 heavy (non-hydrogen) atoms. The number of nitrogens with zero attached hydrogens (tertiary/aromatic N) is 1. The standard InChI is InChI=1S/C19H31NO/c1-5-8-14-20(15-9-6-2)16(4)19(21)18-12-10-17(7-3)11-13-18/h10-13,16H,5-9,14-15H2,1-4H3. The maximum atomic E-state index is 12.7. The van der Waals surface area contributed by atoms with Crippen LogP contribution in [0.1, 0.15) is 69.3 Å². The summed E-state index contributed by atoms with van der Waals surface area (Å²) in [6.45, 7) is 10.6. The van der Waals surface area contributed by atoms with Crippen LogP contribution in [0.2, 0.25) is 0 Å². The van der Waals surface area contributed by atoms with Crippen LogP contribution in [0.5, 0.6) is 0 Å². The van der Waals surface area contributed by atoms with E-state index in [0.717, 1.165) is 37.9 Å². The summed E-state index contributed by atoms with van der Waals surface area (Å²) in [4.78, 5) is 15.0. The first-order valence-electron chi connectivity index (χ1n) is 8.51. The van der Waals surface area contributed by atoms with Gasteiger partial charge in [-0.05, 0) is 44.8 Å². The lowest BCUT2D eigenvalue weighted by Crippen LogP contribution is -2.40. The summed E-state index contributed by atoms with van der Waals surface area (Å²) in [5.74, 6) is 0.254. The highest BCUT2D eigenvalue weighted by Gasteiger charge is 2.21. The maximum absolute atomic E-state index is 12.7. The highest BCUT2D eigenvalue weighted by atomic mass is 16.1. The van der Waals surface area contributed by atoms with E-state index in [4.69, 9.17) is 0 Å². The first-order chi connectivity index (χ1) is 10.1. The Kier molecular flexibility index (Phi) is 8.29. The molecule has 0 saturated carbocycles. The van der Waals surface area contributed by atoms with E-state index in [1.807, 2.05) is 12.1 Å². The molecule has 0 N–H and O–H groups in total. The Bertz CT molecular complexity index is 402. The van der Waals surface area contributed by atoms with Crippen molar-refractivity contribution in [2.45, 2.75) is 65.8 Å². The van der Waals surface area contributed by atoms with E-state index in [9.17, 15) is 4.79 Å². The number of carbonyl (C=O) groups excluding carboxylic acids is 1. The van der Waals surface area contributed by atoms with Gasteiger partial charge in [-0.25, -0.2) is 0 Å². The van der Waals surface area contributed by atoms with Crippen LogP contribution in [0.4, 0.5) is 0 Å². The third-order valence-electron chi connectivity index (χ3n) is 4.17. The van der Waals surface area contributed by atoms with Crippen molar-refractivity contribution in [2.75, 3.05) is 13.1 Å². The lowest BCUT2D eigenvalue weighted by atomic mass is 10.0. The summed E-state index contributed by atoms with van der Waals surface area (Å²) >= 11 is 0. The van der Waals surface area contributed by atoms with Gasteiger partial charge in [0, 0.05) is 5.56 Å². The fraction of sp³-hybridized carbons (Fsp3) is 0.632. The predicted octanol–water partition coefficient (Wildman–Crippen LogP) is 4.72. The molecule has 0 spiro atoms. The molecular weight excluding hydrogens is 258 g/mol. The van der Waals surface area contributed by atoms with Crippen molar-refractivity contribution in [1.29, 1.82) is 0 Å². The molecule has 0 aliphatic rings. The number of hydrogen-bond acceptors (Lipinski definition) is 2. The molecule has 1 atom stereocenters. The Balaban J connectivity index is 2.74. The summed E-state index contributed by atoms with van der Waals surface area (Å²) in [6.07, 6.45) is 5.69. The van der Waals surface area contributed by atoms with Crippen molar-refractivity contribution in [3.63, 3.8) is 0 Å². The van der Waals surface area contributed by atoms with Crippen molar-refractivity contribution < 1.29 is 4.79 Å². The van der Waals surface area contributed by atoms with E-state index >= 15 is 0 Å². The van der Waals surface area contributed by atoms with Gasteiger partial charge in [-0.1, -0.05) is 57.9 Å². The second-order valence-electron chi connectivity index (χ2n) is 5.83. The predicted molar refractivity (Wildman–Crippen MR) is 91.0 cm³/mol. The van der Waals surface area contributed by atoms with Crippen molar-refractivity contribution in [2.24, 2.45) is 0 Å². The van der Waals surface area contributed by atoms with E-state index in [-0.39, 0.29) is 11.8 Å². The molecule has 0 saturated heterocycles. The lowest BCUT2D eigenvalue weighted by molar-refractivity contribution is 0.0833. The summed E-state index contributed by atoms with van der Waals surface area (Å²) in [5.41, 5.74) is 2.13. The molecule has 1 aromatic carbocycles. The third-order valence-corrected chi connectivity index (χ3v) is 4.17. The highest BCUT2D eigenvalue weighted by molar-refractivity contribution is 5.99. The number of benzene rings is 1. The minimum atomic E-state index is -0.0180. The smallest absolute Gasteiger partial charge is 0.179 e. The van der Waals surface area contributed by atoms with E-state index < -0.39 is 0 Å². The Morgan fingerprint density at radius 3 is 1.95 bits per heavy atom. The summed E-state index contributed by atoms with van der Waals surface area (Å²) in [6, 6.07) is 8.09. The molecule has 0 aromatic heterocycles. The van der Waals surface area contributed by atoms with Crippen molar-refractivity contribution in [1.82, 2.24) is 4.90 Å². The summed E-state index contributed by atoms with van der Waals surface area (Å²) < 4.78 is 0. The zero-order valence-corrected chi connectivity index (χ0v) is 14.2. The molecule has 0 aliphatic carbocycles. The quantitative estimate of drug-likeness (QED) is 0.581. The average molecular weight is 289 g/mol. The molecule has 118 valence electrons. The van der Waals surface area contributed by atoms with Gasteiger partial charge in [-0.15, -0.1) is 0 Å². The Morgan fingerprint density at radius 2 is 1.52 bits per heavy atom. The minimum absolute atomic E-state index is 0.0180. The molecule has 0 aliphatic heterocycles. The second kappa shape index (κ2) is 9.73. The first kappa shape index (κ1) is 17.9. The van der Waals surface area contributed by atoms with Gasteiger partial charge in [0.25, 0.3) is 0 Å². The highest BCUT2D eigenvalue weighted by Crippen LogP contribution is 2.13. The van der Waals surface area contributed by atoms with Gasteiger partial charge in [0.05, 0.1) is 6.04 Å². The van der Waals surface area contributed by atoms with Crippen LogP contribution in [-0.4, -0.2) is 29.8 Å². The van der Waals surface area contributed by atoms with Gasteiger partial charge >= 0.3 is 0 Å². The van der Waals surface area contributed by atoms with Crippen LogP contribution in [0.15, 0.2) is 24.3 Å². The number of ketones is 1. The fourth-order valence-corrected chi connectivity index (χ4v) is 2.53. The number of hydrogen-bond donors (Lipinski definition) is 0. The molecule has 0 radical (unpaired) electrons. The van der Waals surface area contributed by atoms with Gasteiger partial charge in [0.1, 0.15) is 0 Å². The van der Waals surface area contributed by atoms with Gasteiger partial charge in [0.2, 0.25) is 0 Å². The zero-order valence-electron chi connectivity index (χ0n) is 14.2. The fourth-order valence-electron chi connectivity index (χ4n) is 2.53. The normalized spacial score (nSPS) is 12.6. The van der Waals surface area contributed by atoms with Crippen LogP contribution in [0.3, 0.4) is 0 Å². The van der Waals surface area contributed by atoms with Gasteiger partial charge in [-0.2, -0.15) is 0 Å². The van der Waals surface area contributed by atoms with Crippen LogP contribution in [-0.2, 0) is 6.42 Å². The number of Topliss-reactive ketones (excluding diaryl/α,β-unsaturated/α-hetero) is 1. The second-order valence-corrected chi connectivity index (χ2v) is 5.83. The Morgan fingerprint density at radius 1 is 1.00 bits per heavy atom. The number of unbranched alkanes of at least 4 members (excludes halogenated alkanes) is 2. The van der Waals surface area contributed by atoms with Gasteiger partial charge in [0.15, 0.2) is 5.78 Å². The molecule has 1 rings (SSSR count). The molecule has 1 unspecified atom stereocenters. The Labute approximate surface area is 130 Å². The van der Waals surface area contributed by atoms with Gasteiger partial charge in [-0.3, -0.25) is 9.69 Å². The summed E-state index contributed by atoms with van der Waals surface area (Å²) in [7, 11) is 0. The van der Waals surface area contributed by atoms with Crippen LogP contribution >= 0.6 is 0 Å². The monoisotopic (exact) mass is 289 g/mol. The van der Waals surface area contributed by atoms with Crippen molar-refractivity contribution in [3.05, 3.63) is 35.4 Å². The summed E-state index contributed by atoms with van der Waals surface area (Å²) in [5, 5.41) is 0. The molecule has 2 heteroatoms. The molecular formula is C19H31NO. The van der Waals surface area contributed by atoms with E-state index in [1.54, 1.807) is 0 Å². The molecule has 0 amide bonds. The first-order valence-corrected chi connectivity index (χ1v) is 8.51. The van der Waals surface area contributed by atoms with Crippen molar-refractivity contribution in [3.8, 4) is 0 Å². The molecule has 1 aromatic rings. The van der Waals surface area contributed by atoms with Crippen LogP contribution in [0.25, 0.3) is 0 Å². The Hall–Kier alpha value is -1.15. The van der Waals surface area contributed by atoms with E-state index in [2.05, 4.69) is 44.7 Å². The number of aryl methyl sites for hydroxylation is 1. The SMILES string of the molecule is CCCCN(CCCC)C(C)C(=O)c1ccc(CC)cc1. The van der Waals surface area contributed by atoms with Gasteiger partial charge < -0.3 is 0 Å². The zero-order chi connectivity index (χ0) is 15.7. The molecule has 0 fully saturated rings. The number of carbonyl (C=O) groups is 1. The third kappa shape index (κ3) is 5.62. The van der Waals surface area contributed by atoms with Crippen LogP contribution < -0.4 is 0 Å². The maximum Gasteiger partial charge on any atom is 0.179 e. The number of rotatable bonds is 10. The van der Waals surface area contributed by atoms with E-state index in [0.29, 0.717) is 0 Å². The van der Waals surface area contributed by atoms with E-state index in [1.165, 1.54) is 18.4 Å². The minimum Gasteiger partial charge on any atom is -0.294 e. The molecule has 0 heterocycles. The molecule has 2 nitrogen and oxygen atoms in total. The topological polar surface area (TPSA) is 20.3 Å². The molecule has 0 bridgehead atoms. The average Bonchev–Trinajstić information content (AvgIpc) is 2.54. The van der Waals surface area contributed by atoms with Crippen LogP contribution in [0, 0.1) is 0 Å². The van der Waals surface area contributed by atoms with Crippen molar-refractivity contribution >= 4 is 5.78 Å².